The van der Waals surface area contributed by atoms with Crippen molar-refractivity contribution in [2.24, 2.45) is 0 Å². The molecular weight excluding hydrogens is 428 g/mol. The van der Waals surface area contributed by atoms with Gasteiger partial charge in [0.05, 0.1) is 19.2 Å². The number of carboxylic acid groups (broad SMARTS) is 1. The predicted octanol–water partition coefficient (Wildman–Crippen LogP) is 3.41. The molecule has 4 rings (SSSR count). The number of aromatic nitrogens is 2. The van der Waals surface area contributed by atoms with Gasteiger partial charge in [-0.05, 0) is 68.1 Å². The summed E-state index contributed by atoms with van der Waals surface area (Å²) in [6, 6.07) is 15.7. The van der Waals surface area contributed by atoms with Crippen LogP contribution in [0.3, 0.4) is 0 Å². The number of ether oxygens (including phenoxy) is 1. The summed E-state index contributed by atoms with van der Waals surface area (Å²) < 4.78 is 9.59. The van der Waals surface area contributed by atoms with Crippen molar-refractivity contribution < 1.29 is 24.0 Å². The van der Waals surface area contributed by atoms with Gasteiger partial charge in [-0.15, -0.1) is 0 Å². The standard InChI is InChI=1S/C23H24ClN2O2.C2H4O2/c1-28-23(27)19-8-6-17(7-9-19)15-25-16-21(18-10-12-20(24)13-11-18)26-14-4-2-3-5-22(25)26;1-2(3)4/h6-13,16H,2-5,14-15H2,1H3;1H3,(H,3,4)/q+1;/p-1. The predicted molar refractivity (Wildman–Crippen MR) is 120 cm³/mol. The van der Waals surface area contributed by atoms with Gasteiger partial charge in [0.2, 0.25) is 0 Å². The minimum Gasteiger partial charge on any atom is -0.550 e. The van der Waals surface area contributed by atoms with E-state index in [4.69, 9.17) is 26.2 Å². The fourth-order valence-corrected chi connectivity index (χ4v) is 4.02. The summed E-state index contributed by atoms with van der Waals surface area (Å²) in [5, 5.41) is 9.64. The Bertz CT molecular complexity index is 1070. The second-order valence-corrected chi connectivity index (χ2v) is 8.14. The van der Waals surface area contributed by atoms with E-state index >= 15 is 0 Å². The molecule has 1 aliphatic heterocycles. The minimum atomic E-state index is -1.08. The Hall–Kier alpha value is -3.12. The molecule has 0 aliphatic carbocycles. The van der Waals surface area contributed by atoms with E-state index < -0.39 is 5.97 Å². The van der Waals surface area contributed by atoms with Gasteiger partial charge in [-0.2, -0.15) is 0 Å². The Labute approximate surface area is 193 Å². The number of benzene rings is 2. The van der Waals surface area contributed by atoms with Crippen LogP contribution in [0, 0.1) is 0 Å². The molecule has 0 saturated carbocycles. The van der Waals surface area contributed by atoms with Gasteiger partial charge in [-0.1, -0.05) is 23.7 Å². The first-order valence-electron chi connectivity index (χ1n) is 10.6. The number of methoxy groups -OCH3 is 1. The molecule has 7 heteroatoms. The number of carbonyl (C=O) groups is 2. The first-order chi connectivity index (χ1) is 15.4. The zero-order chi connectivity index (χ0) is 23.1. The van der Waals surface area contributed by atoms with Crippen LogP contribution >= 0.6 is 11.6 Å². The number of hydrogen-bond acceptors (Lipinski definition) is 4. The van der Waals surface area contributed by atoms with Crippen molar-refractivity contribution in [1.29, 1.82) is 0 Å². The van der Waals surface area contributed by atoms with Crippen LogP contribution < -0.4 is 9.67 Å². The summed E-state index contributed by atoms with van der Waals surface area (Å²) in [7, 11) is 1.40. The SMILES string of the molecule is CC(=O)[O-].COC(=O)c1ccc(C[n+]2cc(-c3ccc(Cl)cc3)n3c2CCCCC3)cc1. The molecule has 0 atom stereocenters. The summed E-state index contributed by atoms with van der Waals surface area (Å²) in [6.07, 6.45) is 7.00. The maximum Gasteiger partial charge on any atom is 0.337 e. The summed E-state index contributed by atoms with van der Waals surface area (Å²) in [5.74, 6) is -0.0264. The zero-order valence-corrected chi connectivity index (χ0v) is 19.1. The summed E-state index contributed by atoms with van der Waals surface area (Å²) in [5.41, 5.74) is 4.17. The highest BCUT2D eigenvalue weighted by molar-refractivity contribution is 6.30. The lowest BCUT2D eigenvalue weighted by atomic mass is 10.1. The van der Waals surface area contributed by atoms with Crippen LogP contribution in [-0.4, -0.2) is 23.6 Å². The number of fused-ring (bicyclic) bond motifs is 1. The Kier molecular flexibility index (Phi) is 8.06. The van der Waals surface area contributed by atoms with Crippen molar-refractivity contribution in [1.82, 2.24) is 4.57 Å². The van der Waals surface area contributed by atoms with Gasteiger partial charge in [0.1, 0.15) is 12.7 Å². The van der Waals surface area contributed by atoms with Gasteiger partial charge in [0.15, 0.2) is 5.69 Å². The van der Waals surface area contributed by atoms with E-state index in [9.17, 15) is 4.79 Å². The molecule has 1 aromatic heterocycles. The van der Waals surface area contributed by atoms with E-state index in [1.165, 1.54) is 43.5 Å². The molecule has 2 heterocycles. The average molecular weight is 455 g/mol. The highest BCUT2D eigenvalue weighted by Gasteiger charge is 2.26. The van der Waals surface area contributed by atoms with E-state index in [1.807, 2.05) is 36.4 Å². The Morgan fingerprint density at radius 2 is 1.72 bits per heavy atom. The normalized spacial score (nSPS) is 12.7. The maximum absolute atomic E-state index is 11.7. The smallest absolute Gasteiger partial charge is 0.337 e. The first-order valence-corrected chi connectivity index (χ1v) is 11.0. The fraction of sp³-hybridized carbons (Fsp3) is 0.320. The van der Waals surface area contributed by atoms with E-state index in [2.05, 4.69) is 27.5 Å². The van der Waals surface area contributed by atoms with Crippen LogP contribution in [-0.2, 0) is 29.0 Å². The molecule has 168 valence electrons. The molecule has 0 radical (unpaired) electrons. The van der Waals surface area contributed by atoms with Crippen molar-refractivity contribution in [3.05, 3.63) is 76.7 Å². The summed E-state index contributed by atoms with van der Waals surface area (Å²) in [6.45, 7) is 2.80. The summed E-state index contributed by atoms with van der Waals surface area (Å²) >= 11 is 6.08. The zero-order valence-electron chi connectivity index (χ0n) is 18.3. The van der Waals surface area contributed by atoms with Crippen molar-refractivity contribution in [3.63, 3.8) is 0 Å². The molecule has 0 fully saturated rings. The third kappa shape index (κ3) is 5.98. The maximum atomic E-state index is 11.7. The van der Waals surface area contributed by atoms with Gasteiger partial charge < -0.3 is 14.6 Å². The molecule has 2 aromatic carbocycles. The largest absolute Gasteiger partial charge is 0.550 e. The minimum absolute atomic E-state index is 0.304. The molecule has 0 amide bonds. The number of nitrogens with zero attached hydrogens (tertiary/aromatic N) is 2. The number of hydrogen-bond donors (Lipinski definition) is 0. The van der Waals surface area contributed by atoms with Gasteiger partial charge in [0.25, 0.3) is 5.82 Å². The fourth-order valence-electron chi connectivity index (χ4n) is 3.89. The van der Waals surface area contributed by atoms with Crippen LogP contribution in [0.25, 0.3) is 11.3 Å². The van der Waals surface area contributed by atoms with Crippen LogP contribution in [0.1, 0.15) is 47.9 Å². The van der Waals surface area contributed by atoms with E-state index in [0.717, 1.165) is 37.0 Å². The monoisotopic (exact) mass is 454 g/mol. The van der Waals surface area contributed by atoms with Crippen LogP contribution in [0.15, 0.2) is 54.7 Å². The van der Waals surface area contributed by atoms with Gasteiger partial charge in [-0.25, -0.2) is 13.9 Å². The Morgan fingerprint density at radius 3 is 2.34 bits per heavy atom. The molecular formula is C25H27ClN2O4. The molecule has 0 spiro atoms. The van der Waals surface area contributed by atoms with Crippen LogP contribution in [0.2, 0.25) is 5.02 Å². The van der Waals surface area contributed by atoms with Crippen molar-refractivity contribution in [2.75, 3.05) is 7.11 Å². The molecule has 0 N–H and O–H groups in total. The molecule has 0 saturated heterocycles. The quantitative estimate of drug-likeness (QED) is 0.447. The third-order valence-corrected chi connectivity index (χ3v) is 5.61. The molecule has 0 unspecified atom stereocenters. The summed E-state index contributed by atoms with van der Waals surface area (Å²) in [4.78, 5) is 20.5. The van der Waals surface area contributed by atoms with Crippen molar-refractivity contribution >= 4 is 23.5 Å². The van der Waals surface area contributed by atoms with E-state index in [-0.39, 0.29) is 5.97 Å². The van der Waals surface area contributed by atoms with E-state index in [1.54, 1.807) is 0 Å². The second-order valence-electron chi connectivity index (χ2n) is 7.71. The number of esters is 1. The third-order valence-electron chi connectivity index (χ3n) is 5.36. The van der Waals surface area contributed by atoms with Crippen molar-refractivity contribution in [3.8, 4) is 11.3 Å². The lowest BCUT2D eigenvalue weighted by Crippen LogP contribution is -2.37. The van der Waals surface area contributed by atoms with Gasteiger partial charge in [0, 0.05) is 23.0 Å². The number of halogens is 1. The number of imidazole rings is 1. The van der Waals surface area contributed by atoms with Crippen LogP contribution in [0.4, 0.5) is 0 Å². The number of carboxylic acids is 1. The molecule has 3 aromatic rings. The number of rotatable bonds is 4. The Balaban J connectivity index is 0.000000668. The number of aliphatic carboxylic acids is 1. The molecule has 6 nitrogen and oxygen atoms in total. The average Bonchev–Trinajstić information content (AvgIpc) is 2.94. The highest BCUT2D eigenvalue weighted by atomic mass is 35.5. The lowest BCUT2D eigenvalue weighted by Gasteiger charge is -2.04. The molecule has 32 heavy (non-hydrogen) atoms. The molecule has 0 bridgehead atoms. The Morgan fingerprint density at radius 1 is 1.06 bits per heavy atom. The van der Waals surface area contributed by atoms with Gasteiger partial charge in [-0.3, -0.25) is 0 Å². The highest BCUT2D eigenvalue weighted by Crippen LogP contribution is 2.25. The van der Waals surface area contributed by atoms with Crippen molar-refractivity contribution in [2.45, 2.75) is 45.7 Å². The number of carbonyl (C=O) groups excluding carboxylic acids is 2. The lowest BCUT2D eigenvalue weighted by molar-refractivity contribution is -0.695. The van der Waals surface area contributed by atoms with Gasteiger partial charge >= 0.3 is 5.97 Å². The second kappa shape index (κ2) is 11.0. The molecule has 1 aliphatic rings. The topological polar surface area (TPSA) is 75.2 Å². The van der Waals surface area contributed by atoms with E-state index in [0.29, 0.717) is 5.56 Å². The first kappa shape index (κ1) is 23.5. The van der Waals surface area contributed by atoms with Crippen LogP contribution in [0.5, 0.6) is 0 Å².